The molecule has 3 rings (SSSR count). The summed E-state index contributed by atoms with van der Waals surface area (Å²) in [7, 11) is -1.16. The zero-order valence-corrected chi connectivity index (χ0v) is 13.6. The fraction of sp³-hybridized carbons (Fsp3) is 0.200. The number of ether oxygens (including phenoxy) is 2. The van der Waals surface area contributed by atoms with E-state index < -0.39 is 10.8 Å². The zero-order chi connectivity index (χ0) is 14.8. The first kappa shape index (κ1) is 14.4. The summed E-state index contributed by atoms with van der Waals surface area (Å²) in [5.41, 5.74) is 7.34. The number of fused-ring (bicyclic) bond motifs is 1. The van der Waals surface area contributed by atoms with E-state index in [1.807, 2.05) is 18.2 Å². The number of halogens is 1. The maximum atomic E-state index is 12.5. The molecule has 21 heavy (non-hydrogen) atoms. The van der Waals surface area contributed by atoms with Crippen LogP contribution in [-0.4, -0.2) is 17.4 Å². The van der Waals surface area contributed by atoms with Gasteiger partial charge in [0, 0.05) is 21.1 Å². The minimum absolute atomic E-state index is 0.417. The van der Waals surface area contributed by atoms with Crippen LogP contribution < -0.4 is 15.2 Å². The Morgan fingerprint density at radius 3 is 2.62 bits per heavy atom. The molecular weight excluding hydrogens is 354 g/mol. The summed E-state index contributed by atoms with van der Waals surface area (Å²) in [6.45, 7) is 1.07. The number of hydrogen-bond acceptors (Lipinski definition) is 4. The average Bonchev–Trinajstić information content (AvgIpc) is 2.49. The third-order valence-corrected chi connectivity index (χ3v) is 5.23. The van der Waals surface area contributed by atoms with Crippen LogP contribution in [0.3, 0.4) is 0 Å². The molecule has 1 aliphatic rings. The Balaban J connectivity index is 1.82. The molecule has 1 aliphatic heterocycles. The molecule has 0 saturated carbocycles. The van der Waals surface area contributed by atoms with Gasteiger partial charge in [-0.25, -0.2) is 0 Å². The number of nitrogen functional groups attached to an aromatic ring is 1. The molecule has 1 heterocycles. The van der Waals surface area contributed by atoms with Crippen LogP contribution in [0.2, 0.25) is 0 Å². The Hall–Kier alpha value is -1.53. The van der Waals surface area contributed by atoms with E-state index in [-0.39, 0.29) is 0 Å². The molecule has 4 nitrogen and oxygen atoms in total. The number of hydrogen-bond donors (Lipinski definition) is 1. The Morgan fingerprint density at radius 1 is 1.10 bits per heavy atom. The van der Waals surface area contributed by atoms with Crippen LogP contribution in [0.25, 0.3) is 0 Å². The summed E-state index contributed by atoms with van der Waals surface area (Å²) >= 11 is 3.45. The lowest BCUT2D eigenvalue weighted by atomic mass is 10.2. The summed E-state index contributed by atoms with van der Waals surface area (Å²) in [6.07, 6.45) is 0. The largest absolute Gasteiger partial charge is 0.486 e. The summed E-state index contributed by atoms with van der Waals surface area (Å²) in [6, 6.07) is 10.9. The van der Waals surface area contributed by atoms with Gasteiger partial charge in [-0.05, 0) is 29.8 Å². The Labute approximate surface area is 133 Å². The van der Waals surface area contributed by atoms with Crippen molar-refractivity contribution in [3.63, 3.8) is 0 Å². The number of rotatable bonds is 3. The molecule has 0 radical (unpaired) electrons. The van der Waals surface area contributed by atoms with Crippen molar-refractivity contribution in [3.8, 4) is 11.5 Å². The van der Waals surface area contributed by atoms with Gasteiger partial charge in [-0.15, -0.1) is 0 Å². The lowest BCUT2D eigenvalue weighted by Gasteiger charge is -2.18. The average molecular weight is 368 g/mol. The van der Waals surface area contributed by atoms with E-state index in [1.54, 1.807) is 18.2 Å². The van der Waals surface area contributed by atoms with Gasteiger partial charge in [0.15, 0.2) is 11.5 Å². The highest BCUT2D eigenvalue weighted by Crippen LogP contribution is 2.32. The van der Waals surface area contributed by atoms with Crippen molar-refractivity contribution in [3.05, 3.63) is 46.4 Å². The minimum atomic E-state index is -1.16. The Bertz CT molecular complexity index is 705. The van der Waals surface area contributed by atoms with Crippen LogP contribution in [0.15, 0.2) is 45.8 Å². The molecule has 0 spiro atoms. The highest BCUT2D eigenvalue weighted by atomic mass is 79.9. The fourth-order valence-electron chi connectivity index (χ4n) is 2.07. The smallest absolute Gasteiger partial charge is 0.162 e. The number of nitrogens with two attached hydrogens (primary N) is 1. The molecule has 0 aliphatic carbocycles. The quantitative estimate of drug-likeness (QED) is 0.846. The maximum absolute atomic E-state index is 12.5. The van der Waals surface area contributed by atoms with Crippen molar-refractivity contribution in [1.82, 2.24) is 0 Å². The molecule has 1 unspecified atom stereocenters. The summed E-state index contributed by atoms with van der Waals surface area (Å²) in [4.78, 5) is 0.725. The van der Waals surface area contributed by atoms with E-state index in [4.69, 9.17) is 15.2 Å². The molecule has 0 aromatic heterocycles. The molecule has 2 N–H and O–H groups in total. The van der Waals surface area contributed by atoms with Gasteiger partial charge in [0.1, 0.15) is 13.2 Å². The normalized spacial score (nSPS) is 14.7. The second-order valence-electron chi connectivity index (χ2n) is 4.65. The van der Waals surface area contributed by atoms with Crippen LogP contribution >= 0.6 is 15.9 Å². The standard InChI is InChI=1S/C15H14BrNO3S/c16-13-7-11(17)2-1-10(13)9-21(18)12-3-4-14-15(8-12)20-6-5-19-14/h1-4,7-8H,5-6,9,17H2. The van der Waals surface area contributed by atoms with Crippen LogP contribution in [0, 0.1) is 0 Å². The van der Waals surface area contributed by atoms with Gasteiger partial charge in [-0.3, -0.25) is 4.21 Å². The molecular formula is C15H14BrNO3S. The van der Waals surface area contributed by atoms with Gasteiger partial charge in [0.25, 0.3) is 0 Å². The lowest BCUT2D eigenvalue weighted by molar-refractivity contribution is 0.171. The van der Waals surface area contributed by atoms with E-state index in [0.29, 0.717) is 36.2 Å². The second-order valence-corrected chi connectivity index (χ2v) is 6.95. The third kappa shape index (κ3) is 3.22. The van der Waals surface area contributed by atoms with Crippen molar-refractivity contribution < 1.29 is 13.7 Å². The van der Waals surface area contributed by atoms with Gasteiger partial charge < -0.3 is 15.2 Å². The van der Waals surface area contributed by atoms with Gasteiger partial charge in [0.05, 0.1) is 16.6 Å². The predicted octanol–water partition coefficient (Wildman–Crippen LogP) is 3.11. The minimum Gasteiger partial charge on any atom is -0.486 e. The maximum Gasteiger partial charge on any atom is 0.162 e. The van der Waals surface area contributed by atoms with Gasteiger partial charge >= 0.3 is 0 Å². The highest BCUT2D eigenvalue weighted by molar-refractivity contribution is 9.10. The van der Waals surface area contributed by atoms with E-state index in [9.17, 15) is 4.21 Å². The number of benzene rings is 2. The molecule has 2 aromatic rings. The molecule has 2 aromatic carbocycles. The van der Waals surface area contributed by atoms with Gasteiger partial charge in [-0.1, -0.05) is 22.0 Å². The van der Waals surface area contributed by atoms with Crippen LogP contribution in [-0.2, 0) is 16.6 Å². The SMILES string of the molecule is Nc1ccc(CS(=O)c2ccc3c(c2)OCCO3)c(Br)c1. The Morgan fingerprint density at radius 2 is 1.86 bits per heavy atom. The lowest BCUT2D eigenvalue weighted by Crippen LogP contribution is -2.15. The zero-order valence-electron chi connectivity index (χ0n) is 11.2. The Kier molecular flexibility index (Phi) is 4.17. The topological polar surface area (TPSA) is 61.6 Å². The first-order valence-corrected chi connectivity index (χ1v) is 8.56. The van der Waals surface area contributed by atoms with Crippen LogP contribution in [0.1, 0.15) is 5.56 Å². The van der Waals surface area contributed by atoms with E-state index in [1.165, 1.54) is 0 Å². The summed E-state index contributed by atoms with van der Waals surface area (Å²) < 4.78 is 24.4. The molecule has 6 heteroatoms. The van der Waals surface area contributed by atoms with E-state index >= 15 is 0 Å². The molecule has 1 atom stereocenters. The number of anilines is 1. The van der Waals surface area contributed by atoms with E-state index in [0.717, 1.165) is 14.9 Å². The molecule has 0 amide bonds. The van der Waals surface area contributed by atoms with Crippen molar-refractivity contribution in [2.45, 2.75) is 10.6 Å². The van der Waals surface area contributed by atoms with Crippen LogP contribution in [0.4, 0.5) is 5.69 Å². The molecule has 0 bridgehead atoms. The third-order valence-electron chi connectivity index (χ3n) is 3.14. The molecule has 110 valence electrons. The fourth-order valence-corrected chi connectivity index (χ4v) is 3.95. The predicted molar refractivity (Wildman–Crippen MR) is 86.1 cm³/mol. The highest BCUT2D eigenvalue weighted by Gasteiger charge is 2.15. The van der Waals surface area contributed by atoms with Crippen molar-refractivity contribution in [1.29, 1.82) is 0 Å². The van der Waals surface area contributed by atoms with Gasteiger partial charge in [0.2, 0.25) is 0 Å². The van der Waals surface area contributed by atoms with Crippen molar-refractivity contribution in [2.75, 3.05) is 18.9 Å². The molecule has 0 fully saturated rings. The summed E-state index contributed by atoms with van der Waals surface area (Å²) in [5, 5.41) is 0. The van der Waals surface area contributed by atoms with E-state index in [2.05, 4.69) is 15.9 Å². The first-order valence-electron chi connectivity index (χ1n) is 6.45. The first-order chi connectivity index (χ1) is 10.1. The monoisotopic (exact) mass is 367 g/mol. The summed E-state index contributed by atoms with van der Waals surface area (Å²) in [5.74, 6) is 1.78. The second kappa shape index (κ2) is 6.07. The van der Waals surface area contributed by atoms with Crippen molar-refractivity contribution in [2.24, 2.45) is 0 Å². The van der Waals surface area contributed by atoms with Crippen molar-refractivity contribution >= 4 is 32.4 Å². The molecule has 0 saturated heterocycles. The van der Waals surface area contributed by atoms with Crippen LogP contribution in [0.5, 0.6) is 11.5 Å². The van der Waals surface area contributed by atoms with Gasteiger partial charge in [-0.2, -0.15) is 0 Å².